The minimum atomic E-state index is -4.50. The first-order chi connectivity index (χ1) is 13.1. The van der Waals surface area contributed by atoms with Crippen molar-refractivity contribution < 1.29 is 32.2 Å². The summed E-state index contributed by atoms with van der Waals surface area (Å²) in [6.45, 7) is 3.53. The summed E-state index contributed by atoms with van der Waals surface area (Å²) in [6, 6.07) is 3.01. The van der Waals surface area contributed by atoms with Crippen molar-refractivity contribution in [1.29, 1.82) is 0 Å². The fourth-order valence-electron chi connectivity index (χ4n) is 2.59. The predicted octanol–water partition coefficient (Wildman–Crippen LogP) is 3.07. The molecule has 2 heterocycles. The van der Waals surface area contributed by atoms with E-state index in [1.54, 1.807) is 20.8 Å². The highest BCUT2D eigenvalue weighted by Crippen LogP contribution is 2.21. The van der Waals surface area contributed by atoms with E-state index in [1.807, 2.05) is 0 Å². The lowest BCUT2D eigenvalue weighted by Gasteiger charge is -2.12. The second-order valence-corrected chi connectivity index (χ2v) is 5.90. The molecule has 10 heteroatoms. The molecule has 152 valence electrons. The standard InChI is InChI=1S/C18H20F3N3O4/c1-4-27-17(26)13-10(2)14(24-11(13)3)15(25)23-8-12-6-5-7-22-16(12)28-9-18(19,20)21/h5-7,24H,4,8-9H2,1-3H3,(H,23,25). The molecule has 28 heavy (non-hydrogen) atoms. The van der Waals surface area contributed by atoms with E-state index in [0.29, 0.717) is 11.3 Å². The summed E-state index contributed by atoms with van der Waals surface area (Å²) < 4.78 is 46.7. The molecule has 0 aliphatic heterocycles. The second kappa shape index (κ2) is 8.77. The van der Waals surface area contributed by atoms with Crippen LogP contribution < -0.4 is 10.1 Å². The maximum Gasteiger partial charge on any atom is 0.422 e. The minimum absolute atomic E-state index is 0.105. The molecule has 0 atom stereocenters. The molecular weight excluding hydrogens is 379 g/mol. The fourth-order valence-corrected chi connectivity index (χ4v) is 2.59. The van der Waals surface area contributed by atoms with Crippen LogP contribution in [0.15, 0.2) is 18.3 Å². The Hall–Kier alpha value is -3.04. The molecule has 2 rings (SSSR count). The lowest BCUT2D eigenvalue weighted by atomic mass is 10.1. The van der Waals surface area contributed by atoms with Crippen molar-refractivity contribution in [2.75, 3.05) is 13.2 Å². The zero-order valence-corrected chi connectivity index (χ0v) is 15.6. The Kier molecular flexibility index (Phi) is 6.66. The second-order valence-electron chi connectivity index (χ2n) is 5.90. The summed E-state index contributed by atoms with van der Waals surface area (Å²) in [5, 5.41) is 2.58. The number of pyridine rings is 1. The maximum atomic E-state index is 12.5. The smallest absolute Gasteiger partial charge is 0.422 e. The monoisotopic (exact) mass is 399 g/mol. The van der Waals surface area contributed by atoms with Crippen molar-refractivity contribution >= 4 is 11.9 Å². The molecule has 0 saturated carbocycles. The van der Waals surface area contributed by atoms with Gasteiger partial charge < -0.3 is 19.8 Å². The summed E-state index contributed by atoms with van der Waals surface area (Å²) in [5.41, 5.74) is 1.64. The molecule has 1 amide bonds. The van der Waals surface area contributed by atoms with Crippen molar-refractivity contribution in [3.63, 3.8) is 0 Å². The summed E-state index contributed by atoms with van der Waals surface area (Å²) in [7, 11) is 0. The van der Waals surface area contributed by atoms with Crippen molar-refractivity contribution in [3.05, 3.63) is 46.4 Å². The fraction of sp³-hybridized carbons (Fsp3) is 0.389. The van der Waals surface area contributed by atoms with Crippen LogP contribution in [0.2, 0.25) is 0 Å². The van der Waals surface area contributed by atoms with Gasteiger partial charge in [-0.3, -0.25) is 4.79 Å². The average Bonchev–Trinajstić information content (AvgIpc) is 2.92. The van der Waals surface area contributed by atoms with Gasteiger partial charge in [-0.15, -0.1) is 0 Å². The number of carbonyl (C=O) groups is 2. The number of alkyl halides is 3. The number of carbonyl (C=O) groups excluding carboxylic acids is 2. The van der Waals surface area contributed by atoms with Gasteiger partial charge in [0.15, 0.2) is 6.61 Å². The number of amides is 1. The number of rotatable bonds is 7. The van der Waals surface area contributed by atoms with Crippen molar-refractivity contribution in [1.82, 2.24) is 15.3 Å². The number of hydrogen-bond donors (Lipinski definition) is 2. The van der Waals surface area contributed by atoms with Gasteiger partial charge in [-0.2, -0.15) is 13.2 Å². The zero-order chi connectivity index (χ0) is 20.9. The molecule has 2 N–H and O–H groups in total. The number of ether oxygens (including phenoxy) is 2. The SMILES string of the molecule is CCOC(=O)c1c(C)[nH]c(C(=O)NCc2cccnc2OCC(F)(F)F)c1C. The molecule has 0 aromatic carbocycles. The Morgan fingerprint density at radius 1 is 1.29 bits per heavy atom. The van der Waals surface area contributed by atoms with E-state index in [2.05, 4.69) is 20.0 Å². The van der Waals surface area contributed by atoms with Crippen LogP contribution in [-0.2, 0) is 11.3 Å². The number of nitrogens with one attached hydrogen (secondary N) is 2. The molecule has 0 unspecified atom stereocenters. The van der Waals surface area contributed by atoms with Crippen LogP contribution in [0.4, 0.5) is 13.2 Å². The minimum Gasteiger partial charge on any atom is -0.468 e. The van der Waals surface area contributed by atoms with Crippen molar-refractivity contribution in [2.45, 2.75) is 33.5 Å². The van der Waals surface area contributed by atoms with Crippen molar-refractivity contribution in [2.24, 2.45) is 0 Å². The lowest BCUT2D eigenvalue weighted by molar-refractivity contribution is -0.154. The number of nitrogens with zero attached hydrogens (tertiary/aromatic N) is 1. The first kappa shape index (κ1) is 21.3. The van der Waals surface area contributed by atoms with Gasteiger partial charge in [0.1, 0.15) is 5.69 Å². The first-order valence-corrected chi connectivity index (χ1v) is 8.42. The highest BCUT2D eigenvalue weighted by molar-refractivity contribution is 6.00. The summed E-state index contributed by atoms with van der Waals surface area (Å²) >= 11 is 0. The van der Waals surface area contributed by atoms with E-state index in [4.69, 9.17) is 4.74 Å². The summed E-state index contributed by atoms with van der Waals surface area (Å²) in [4.78, 5) is 31.1. The molecule has 2 aromatic heterocycles. The van der Waals surface area contributed by atoms with Gasteiger partial charge in [-0.1, -0.05) is 6.07 Å². The largest absolute Gasteiger partial charge is 0.468 e. The summed E-state index contributed by atoms with van der Waals surface area (Å²) in [6.07, 6.45) is -3.21. The number of aromatic amines is 1. The van der Waals surface area contributed by atoms with E-state index < -0.39 is 24.7 Å². The Morgan fingerprint density at radius 3 is 2.64 bits per heavy atom. The molecule has 0 radical (unpaired) electrons. The van der Waals surface area contributed by atoms with E-state index in [1.165, 1.54) is 18.3 Å². The third-order valence-electron chi connectivity index (χ3n) is 3.81. The number of esters is 1. The van der Waals surface area contributed by atoms with Crippen LogP contribution >= 0.6 is 0 Å². The Bertz CT molecular complexity index is 862. The maximum absolute atomic E-state index is 12.5. The van der Waals surface area contributed by atoms with Gasteiger partial charge in [0.05, 0.1) is 12.2 Å². The van der Waals surface area contributed by atoms with E-state index in [-0.39, 0.29) is 35.9 Å². The van der Waals surface area contributed by atoms with Gasteiger partial charge in [0.25, 0.3) is 5.91 Å². The molecule has 0 bridgehead atoms. The van der Waals surface area contributed by atoms with Gasteiger partial charge in [-0.05, 0) is 32.4 Å². The molecule has 0 spiro atoms. The molecule has 0 saturated heterocycles. The zero-order valence-electron chi connectivity index (χ0n) is 15.6. The van der Waals surface area contributed by atoms with E-state index in [0.717, 1.165) is 0 Å². The van der Waals surface area contributed by atoms with Crippen LogP contribution in [-0.4, -0.2) is 41.2 Å². The Labute approximate surface area is 159 Å². The summed E-state index contributed by atoms with van der Waals surface area (Å²) in [5.74, 6) is -1.28. The quantitative estimate of drug-likeness (QED) is 0.698. The number of aryl methyl sites for hydroxylation is 1. The molecular formula is C18H20F3N3O4. The number of halogens is 3. The van der Waals surface area contributed by atoms with Gasteiger partial charge >= 0.3 is 12.1 Å². The molecule has 0 fully saturated rings. The van der Waals surface area contributed by atoms with Crippen molar-refractivity contribution in [3.8, 4) is 5.88 Å². The van der Waals surface area contributed by atoms with Crippen LogP contribution in [0.25, 0.3) is 0 Å². The van der Waals surface area contributed by atoms with Gasteiger partial charge in [-0.25, -0.2) is 9.78 Å². The molecule has 0 aliphatic carbocycles. The molecule has 0 aliphatic rings. The van der Waals surface area contributed by atoms with Crippen LogP contribution in [0.1, 0.15) is 44.6 Å². The highest BCUT2D eigenvalue weighted by atomic mass is 19.4. The van der Waals surface area contributed by atoms with Gasteiger partial charge in [0.2, 0.25) is 5.88 Å². The van der Waals surface area contributed by atoms with E-state index >= 15 is 0 Å². The highest BCUT2D eigenvalue weighted by Gasteiger charge is 2.29. The van der Waals surface area contributed by atoms with Crippen LogP contribution in [0.3, 0.4) is 0 Å². The Balaban J connectivity index is 2.11. The number of H-pyrrole nitrogens is 1. The third-order valence-corrected chi connectivity index (χ3v) is 3.81. The predicted molar refractivity (Wildman–Crippen MR) is 93.2 cm³/mol. The van der Waals surface area contributed by atoms with Crippen LogP contribution in [0.5, 0.6) is 5.88 Å². The Morgan fingerprint density at radius 2 is 2.00 bits per heavy atom. The number of aromatic nitrogens is 2. The lowest BCUT2D eigenvalue weighted by Crippen LogP contribution is -2.25. The number of hydrogen-bond acceptors (Lipinski definition) is 5. The molecule has 7 nitrogen and oxygen atoms in total. The molecule has 2 aromatic rings. The van der Waals surface area contributed by atoms with Gasteiger partial charge in [0, 0.05) is 24.0 Å². The normalized spacial score (nSPS) is 11.2. The van der Waals surface area contributed by atoms with E-state index in [9.17, 15) is 22.8 Å². The third kappa shape index (κ3) is 5.24. The topological polar surface area (TPSA) is 93.3 Å². The average molecular weight is 399 g/mol. The van der Waals surface area contributed by atoms with Crippen LogP contribution in [0, 0.1) is 13.8 Å². The first-order valence-electron chi connectivity index (χ1n) is 8.42.